The number of halogens is 1. The van der Waals surface area contributed by atoms with Crippen LogP contribution < -0.4 is 15.1 Å². The van der Waals surface area contributed by atoms with E-state index in [9.17, 15) is 4.39 Å². The van der Waals surface area contributed by atoms with Gasteiger partial charge >= 0.3 is 0 Å². The molecule has 2 unspecified atom stereocenters. The Labute approximate surface area is 192 Å². The van der Waals surface area contributed by atoms with Crippen molar-refractivity contribution >= 4 is 23.4 Å². The maximum absolute atomic E-state index is 14.2. The maximum atomic E-state index is 14.2. The van der Waals surface area contributed by atoms with Gasteiger partial charge in [0.1, 0.15) is 18.0 Å². The van der Waals surface area contributed by atoms with Crippen LogP contribution in [0.15, 0.2) is 30.6 Å². The van der Waals surface area contributed by atoms with E-state index in [1.165, 1.54) is 12.8 Å². The monoisotopic (exact) mass is 448 g/mol. The summed E-state index contributed by atoms with van der Waals surface area (Å²) in [6.45, 7) is 7.38. The second-order valence-corrected chi connectivity index (χ2v) is 9.59. The fourth-order valence-electron chi connectivity index (χ4n) is 5.63. The van der Waals surface area contributed by atoms with E-state index in [4.69, 9.17) is 10.1 Å². The number of piperidine rings is 1. The number of aryl methyl sites for hydroxylation is 3. The van der Waals surface area contributed by atoms with Crippen LogP contribution in [0.3, 0.4) is 0 Å². The highest BCUT2D eigenvalue weighted by Gasteiger charge is 2.43. The Hall–Kier alpha value is -3.23. The molecular formula is C24H29FN8. The summed E-state index contributed by atoms with van der Waals surface area (Å²) in [5, 5.41) is 8.44. The highest BCUT2D eigenvalue weighted by atomic mass is 19.1. The third-order valence-corrected chi connectivity index (χ3v) is 7.36. The minimum absolute atomic E-state index is 0.190. The van der Waals surface area contributed by atoms with Gasteiger partial charge in [0.25, 0.3) is 0 Å². The Bertz CT molecular complexity index is 1160. The summed E-state index contributed by atoms with van der Waals surface area (Å²) in [4.78, 5) is 18.0. The molecule has 3 aromatic rings. The lowest BCUT2D eigenvalue weighted by Gasteiger charge is -2.38. The molecule has 3 atom stereocenters. The average Bonchev–Trinajstić information content (AvgIpc) is 3.31. The second-order valence-electron chi connectivity index (χ2n) is 9.59. The molecule has 6 rings (SSSR count). The standard InChI is InChI=1S/C24H29FN8/c1-15-4-7-19(11-20(15)25)32-8-3-9-33-24(32)29-23(30-33)28-22-17-5-6-18(22)13-31(12-17)21-10-16(2)26-14-27-21/h4,7,10-11,14,17-18,22H,3,5-6,8-9,12-13H2,1-2H3,(H,28,30)/t17-,18?,22?/m0/s1. The highest BCUT2D eigenvalue weighted by molar-refractivity contribution is 5.60. The van der Waals surface area contributed by atoms with Gasteiger partial charge in [-0.2, -0.15) is 4.98 Å². The summed E-state index contributed by atoms with van der Waals surface area (Å²) >= 11 is 0. The van der Waals surface area contributed by atoms with Crippen LogP contribution in [0.2, 0.25) is 0 Å². The molecule has 33 heavy (non-hydrogen) atoms. The summed E-state index contributed by atoms with van der Waals surface area (Å²) in [6.07, 6.45) is 5.01. The van der Waals surface area contributed by atoms with E-state index < -0.39 is 0 Å². The number of benzene rings is 1. The topological polar surface area (TPSA) is 75.0 Å². The highest BCUT2D eigenvalue weighted by Crippen LogP contribution is 2.40. The van der Waals surface area contributed by atoms with E-state index in [1.807, 2.05) is 23.7 Å². The lowest BCUT2D eigenvalue weighted by atomic mass is 9.92. The molecule has 2 fully saturated rings. The van der Waals surface area contributed by atoms with Crippen LogP contribution in [0.4, 0.5) is 27.8 Å². The normalized spacial score (nSPS) is 24.2. The predicted octanol–water partition coefficient (Wildman–Crippen LogP) is 3.69. The Balaban J connectivity index is 1.21. The molecule has 1 saturated carbocycles. The second kappa shape index (κ2) is 7.97. The summed E-state index contributed by atoms with van der Waals surface area (Å²) in [5.74, 6) is 3.36. The summed E-state index contributed by atoms with van der Waals surface area (Å²) in [7, 11) is 0. The summed E-state index contributed by atoms with van der Waals surface area (Å²) in [6, 6.07) is 7.81. The summed E-state index contributed by atoms with van der Waals surface area (Å²) < 4.78 is 16.1. The molecule has 8 nitrogen and oxygen atoms in total. The van der Waals surface area contributed by atoms with E-state index in [1.54, 1.807) is 19.3 Å². The van der Waals surface area contributed by atoms with Crippen molar-refractivity contribution in [3.8, 4) is 0 Å². The van der Waals surface area contributed by atoms with Gasteiger partial charge < -0.3 is 15.1 Å². The van der Waals surface area contributed by atoms with Crippen molar-refractivity contribution in [1.29, 1.82) is 0 Å². The minimum atomic E-state index is -0.190. The molecule has 2 aliphatic heterocycles. The van der Waals surface area contributed by atoms with Gasteiger partial charge in [-0.25, -0.2) is 19.0 Å². The molecule has 172 valence electrons. The largest absolute Gasteiger partial charge is 0.356 e. The number of nitrogens with one attached hydrogen (secondary N) is 1. The molecule has 3 aliphatic rings. The molecule has 1 saturated heterocycles. The van der Waals surface area contributed by atoms with Crippen LogP contribution in [0.25, 0.3) is 0 Å². The first-order valence-electron chi connectivity index (χ1n) is 11.8. The quantitative estimate of drug-likeness (QED) is 0.652. The number of rotatable bonds is 4. The van der Waals surface area contributed by atoms with Gasteiger partial charge in [-0.05, 0) is 62.6 Å². The number of hydrogen-bond acceptors (Lipinski definition) is 7. The number of anilines is 4. The maximum Gasteiger partial charge on any atom is 0.244 e. The zero-order valence-corrected chi connectivity index (χ0v) is 19.1. The zero-order chi connectivity index (χ0) is 22.5. The molecule has 9 heteroatoms. The Morgan fingerprint density at radius 1 is 1.03 bits per heavy atom. The molecule has 1 aromatic carbocycles. The van der Waals surface area contributed by atoms with Gasteiger partial charge in [-0.15, -0.1) is 5.10 Å². The van der Waals surface area contributed by atoms with E-state index >= 15 is 0 Å². The van der Waals surface area contributed by atoms with Crippen molar-refractivity contribution in [1.82, 2.24) is 24.7 Å². The number of fused-ring (bicyclic) bond motifs is 3. The first-order valence-corrected chi connectivity index (χ1v) is 11.8. The third-order valence-electron chi connectivity index (χ3n) is 7.36. The number of hydrogen-bond donors (Lipinski definition) is 1. The molecule has 1 aliphatic carbocycles. The molecule has 1 N–H and O–H groups in total. The summed E-state index contributed by atoms with van der Waals surface area (Å²) in [5.41, 5.74) is 2.48. The molecule has 0 amide bonds. The van der Waals surface area contributed by atoms with Gasteiger partial charge in [0.2, 0.25) is 11.9 Å². The lowest BCUT2D eigenvalue weighted by molar-refractivity contribution is 0.374. The Morgan fingerprint density at radius 3 is 2.61 bits per heavy atom. The van der Waals surface area contributed by atoms with Gasteiger partial charge in [0.05, 0.1) is 0 Å². The average molecular weight is 449 g/mol. The van der Waals surface area contributed by atoms with E-state index in [2.05, 4.69) is 31.2 Å². The first kappa shape index (κ1) is 20.4. The van der Waals surface area contributed by atoms with E-state index in [-0.39, 0.29) is 5.82 Å². The molecular weight excluding hydrogens is 419 g/mol. The Morgan fingerprint density at radius 2 is 1.85 bits per heavy atom. The van der Waals surface area contributed by atoms with Crippen LogP contribution in [0.5, 0.6) is 0 Å². The first-order chi connectivity index (χ1) is 16.0. The third kappa shape index (κ3) is 3.69. The number of nitrogens with zero attached hydrogens (tertiary/aromatic N) is 7. The van der Waals surface area contributed by atoms with Gasteiger partial charge in [0, 0.05) is 49.7 Å². The van der Waals surface area contributed by atoms with Crippen LogP contribution in [0, 0.1) is 31.5 Å². The van der Waals surface area contributed by atoms with Crippen LogP contribution in [-0.4, -0.2) is 50.4 Å². The smallest absolute Gasteiger partial charge is 0.244 e. The van der Waals surface area contributed by atoms with Crippen molar-refractivity contribution < 1.29 is 4.39 Å². The van der Waals surface area contributed by atoms with E-state index in [0.717, 1.165) is 55.7 Å². The van der Waals surface area contributed by atoms with Crippen LogP contribution in [0.1, 0.15) is 30.5 Å². The van der Waals surface area contributed by atoms with Crippen molar-refractivity contribution in [2.45, 2.75) is 45.7 Å². The van der Waals surface area contributed by atoms with Crippen molar-refractivity contribution in [3.63, 3.8) is 0 Å². The molecule has 2 aromatic heterocycles. The SMILES string of the molecule is Cc1cc(N2CC3CC[C@@H](C2)C3Nc2nc3n(n2)CCCN3c2ccc(C)c(F)c2)ncn1. The van der Waals surface area contributed by atoms with Crippen LogP contribution >= 0.6 is 0 Å². The predicted molar refractivity (Wildman–Crippen MR) is 125 cm³/mol. The fourth-order valence-corrected chi connectivity index (χ4v) is 5.63. The van der Waals surface area contributed by atoms with Gasteiger partial charge in [-0.1, -0.05) is 6.07 Å². The Kier molecular flexibility index (Phi) is 4.92. The lowest BCUT2D eigenvalue weighted by Crippen LogP contribution is -2.48. The zero-order valence-electron chi connectivity index (χ0n) is 19.1. The molecule has 0 spiro atoms. The van der Waals surface area contributed by atoms with Crippen molar-refractivity contribution in [2.24, 2.45) is 11.8 Å². The van der Waals surface area contributed by atoms with Crippen LogP contribution in [-0.2, 0) is 6.54 Å². The van der Waals surface area contributed by atoms with Gasteiger partial charge in [0.15, 0.2) is 0 Å². The fraction of sp³-hybridized carbons (Fsp3) is 0.500. The van der Waals surface area contributed by atoms with E-state index in [0.29, 0.717) is 29.4 Å². The van der Waals surface area contributed by atoms with Crippen molar-refractivity contribution in [3.05, 3.63) is 47.7 Å². The number of aromatic nitrogens is 5. The molecule has 4 heterocycles. The van der Waals surface area contributed by atoms with Gasteiger partial charge in [-0.3, -0.25) is 0 Å². The molecule has 0 radical (unpaired) electrons. The minimum Gasteiger partial charge on any atom is -0.356 e. The van der Waals surface area contributed by atoms with Crippen molar-refractivity contribution in [2.75, 3.05) is 34.8 Å². The molecule has 2 bridgehead atoms.